The van der Waals surface area contributed by atoms with Crippen LogP contribution in [0.1, 0.15) is 45.1 Å². The Balaban J connectivity index is 1.59. The molecule has 6 heteroatoms. The van der Waals surface area contributed by atoms with Gasteiger partial charge in [-0.3, -0.25) is 9.59 Å². The molecule has 136 valence electrons. The zero-order chi connectivity index (χ0) is 18.0. The van der Waals surface area contributed by atoms with Gasteiger partial charge >= 0.3 is 5.97 Å². The van der Waals surface area contributed by atoms with Crippen LogP contribution in [0.2, 0.25) is 0 Å². The van der Waals surface area contributed by atoms with Gasteiger partial charge in [0.25, 0.3) is 0 Å². The summed E-state index contributed by atoms with van der Waals surface area (Å²) in [6.07, 6.45) is 6.71. The average Bonchev–Trinajstić information content (AvgIpc) is 3.25. The molecule has 1 aromatic heterocycles. The molecule has 1 aliphatic carbocycles. The van der Waals surface area contributed by atoms with Crippen LogP contribution < -0.4 is 10.2 Å². The summed E-state index contributed by atoms with van der Waals surface area (Å²) in [5.41, 5.74) is 0.527. The van der Waals surface area contributed by atoms with E-state index >= 15 is 0 Å². The molecule has 0 spiro atoms. The lowest BCUT2D eigenvalue weighted by Crippen LogP contribution is -2.27. The van der Waals surface area contributed by atoms with Gasteiger partial charge in [-0.2, -0.15) is 0 Å². The van der Waals surface area contributed by atoms with Gasteiger partial charge < -0.3 is 15.3 Å². The SMILES string of the molecule is CC1(C)[C@H](C(=O)O)[C@@H]1C(=O)NCc1ccnc(N2CCCCCC2)c1. The van der Waals surface area contributed by atoms with Crippen molar-refractivity contribution in [1.82, 2.24) is 10.3 Å². The van der Waals surface area contributed by atoms with Gasteiger partial charge in [-0.25, -0.2) is 4.98 Å². The van der Waals surface area contributed by atoms with Gasteiger partial charge in [0.15, 0.2) is 0 Å². The van der Waals surface area contributed by atoms with Crippen LogP contribution >= 0.6 is 0 Å². The molecule has 2 N–H and O–H groups in total. The number of rotatable bonds is 5. The van der Waals surface area contributed by atoms with Gasteiger partial charge in [-0.1, -0.05) is 26.7 Å². The van der Waals surface area contributed by atoms with Crippen LogP contribution in [0, 0.1) is 17.3 Å². The zero-order valence-electron chi connectivity index (χ0n) is 15.0. The van der Waals surface area contributed by atoms with E-state index in [1.54, 1.807) is 6.20 Å². The van der Waals surface area contributed by atoms with E-state index in [2.05, 4.69) is 15.2 Å². The van der Waals surface area contributed by atoms with Crippen molar-refractivity contribution in [2.45, 2.75) is 46.1 Å². The molecule has 1 saturated heterocycles. The summed E-state index contributed by atoms with van der Waals surface area (Å²) in [4.78, 5) is 30.3. The second kappa shape index (κ2) is 7.02. The van der Waals surface area contributed by atoms with E-state index in [1.165, 1.54) is 25.7 Å². The molecule has 2 heterocycles. The number of carboxylic acid groups (broad SMARTS) is 1. The third-order valence-corrected chi connectivity index (χ3v) is 5.58. The third kappa shape index (κ3) is 3.78. The number of nitrogens with one attached hydrogen (secondary N) is 1. The first-order valence-electron chi connectivity index (χ1n) is 9.11. The highest BCUT2D eigenvalue weighted by Gasteiger charge is 2.65. The summed E-state index contributed by atoms with van der Waals surface area (Å²) >= 11 is 0. The minimum atomic E-state index is -0.891. The lowest BCUT2D eigenvalue weighted by Gasteiger charge is -2.21. The number of hydrogen-bond donors (Lipinski definition) is 2. The smallest absolute Gasteiger partial charge is 0.307 e. The molecule has 6 nitrogen and oxygen atoms in total. The fourth-order valence-electron chi connectivity index (χ4n) is 3.93. The molecule has 2 atom stereocenters. The van der Waals surface area contributed by atoms with Crippen molar-refractivity contribution in [2.75, 3.05) is 18.0 Å². The van der Waals surface area contributed by atoms with Crippen LogP contribution in [0.25, 0.3) is 0 Å². The van der Waals surface area contributed by atoms with Gasteiger partial charge in [0.1, 0.15) is 5.82 Å². The number of anilines is 1. The zero-order valence-corrected chi connectivity index (χ0v) is 15.0. The van der Waals surface area contributed by atoms with Crippen molar-refractivity contribution in [3.8, 4) is 0 Å². The summed E-state index contributed by atoms with van der Waals surface area (Å²) in [6.45, 7) is 6.12. The number of aromatic nitrogens is 1. The molecule has 1 aliphatic heterocycles. The first-order valence-corrected chi connectivity index (χ1v) is 9.11. The van der Waals surface area contributed by atoms with E-state index in [0.717, 1.165) is 24.5 Å². The van der Waals surface area contributed by atoms with Gasteiger partial charge in [0.05, 0.1) is 11.8 Å². The Bertz CT molecular complexity index is 651. The van der Waals surface area contributed by atoms with E-state index in [0.29, 0.717) is 6.54 Å². The minimum absolute atomic E-state index is 0.175. The van der Waals surface area contributed by atoms with Crippen LogP contribution in [-0.4, -0.2) is 35.1 Å². The molecular formula is C19H27N3O3. The lowest BCUT2D eigenvalue weighted by molar-refractivity contribution is -0.140. The topological polar surface area (TPSA) is 82.5 Å². The quantitative estimate of drug-likeness (QED) is 0.856. The lowest BCUT2D eigenvalue weighted by atomic mass is 10.1. The highest BCUT2D eigenvalue weighted by molar-refractivity contribution is 5.91. The summed E-state index contributed by atoms with van der Waals surface area (Å²) in [7, 11) is 0. The fraction of sp³-hybridized carbons (Fsp3) is 0.632. The number of hydrogen-bond acceptors (Lipinski definition) is 4. The summed E-state index contributed by atoms with van der Waals surface area (Å²) in [5.74, 6) is -1.14. The normalized spacial score (nSPS) is 25.1. The molecule has 2 aliphatic rings. The van der Waals surface area contributed by atoms with Crippen LogP contribution in [-0.2, 0) is 16.1 Å². The van der Waals surface area contributed by atoms with Crippen molar-refractivity contribution < 1.29 is 14.7 Å². The monoisotopic (exact) mass is 345 g/mol. The molecule has 0 radical (unpaired) electrons. The maximum absolute atomic E-state index is 12.3. The Morgan fingerprint density at radius 1 is 1.24 bits per heavy atom. The maximum Gasteiger partial charge on any atom is 0.307 e. The van der Waals surface area contributed by atoms with Crippen LogP contribution in [0.4, 0.5) is 5.82 Å². The third-order valence-electron chi connectivity index (χ3n) is 5.58. The second-order valence-corrected chi connectivity index (χ2v) is 7.76. The minimum Gasteiger partial charge on any atom is -0.481 e. The second-order valence-electron chi connectivity index (χ2n) is 7.76. The number of aliphatic carboxylic acids is 1. The van der Waals surface area contributed by atoms with E-state index in [4.69, 9.17) is 0 Å². The summed E-state index contributed by atoms with van der Waals surface area (Å²) < 4.78 is 0. The molecule has 1 amide bonds. The van der Waals surface area contributed by atoms with E-state index < -0.39 is 23.2 Å². The van der Waals surface area contributed by atoms with Gasteiger partial charge in [-0.15, -0.1) is 0 Å². The Morgan fingerprint density at radius 3 is 2.52 bits per heavy atom. The average molecular weight is 345 g/mol. The Kier molecular flexibility index (Phi) is 4.97. The molecule has 2 fully saturated rings. The maximum atomic E-state index is 12.3. The first kappa shape index (κ1) is 17.7. The Labute approximate surface area is 148 Å². The van der Waals surface area contributed by atoms with Gasteiger partial charge in [0, 0.05) is 25.8 Å². The molecule has 25 heavy (non-hydrogen) atoms. The number of nitrogens with zero attached hydrogens (tertiary/aromatic N) is 2. The van der Waals surface area contributed by atoms with Crippen molar-refractivity contribution in [3.05, 3.63) is 23.9 Å². The van der Waals surface area contributed by atoms with E-state index in [1.807, 2.05) is 26.0 Å². The number of carbonyl (C=O) groups is 2. The number of amides is 1. The first-order chi connectivity index (χ1) is 11.9. The molecule has 0 unspecified atom stereocenters. The highest BCUT2D eigenvalue weighted by Crippen LogP contribution is 2.58. The summed E-state index contributed by atoms with van der Waals surface area (Å²) in [6, 6.07) is 3.92. The Hall–Kier alpha value is -2.11. The standard InChI is InChI=1S/C19H27N3O3/c1-19(2)15(16(19)18(24)25)17(23)21-12-13-7-8-20-14(11-13)22-9-5-3-4-6-10-22/h7-8,11,15-16H,3-6,9-10,12H2,1-2H3,(H,21,23)(H,24,25)/t15-,16+/m1/s1. The number of pyridine rings is 1. The van der Waals surface area contributed by atoms with Crippen LogP contribution in [0.5, 0.6) is 0 Å². The van der Waals surface area contributed by atoms with Crippen molar-refractivity contribution >= 4 is 17.7 Å². The van der Waals surface area contributed by atoms with E-state index in [9.17, 15) is 14.7 Å². The Morgan fingerprint density at radius 2 is 1.92 bits per heavy atom. The number of carboxylic acids is 1. The molecular weight excluding hydrogens is 318 g/mol. The largest absolute Gasteiger partial charge is 0.481 e. The van der Waals surface area contributed by atoms with Crippen molar-refractivity contribution in [1.29, 1.82) is 0 Å². The highest BCUT2D eigenvalue weighted by atomic mass is 16.4. The van der Waals surface area contributed by atoms with E-state index in [-0.39, 0.29) is 5.91 Å². The summed E-state index contributed by atoms with van der Waals surface area (Å²) in [5, 5.41) is 12.1. The van der Waals surface area contributed by atoms with Crippen LogP contribution in [0.15, 0.2) is 18.3 Å². The van der Waals surface area contributed by atoms with Crippen molar-refractivity contribution in [3.63, 3.8) is 0 Å². The fourth-order valence-corrected chi connectivity index (χ4v) is 3.93. The van der Waals surface area contributed by atoms with Crippen LogP contribution in [0.3, 0.4) is 0 Å². The van der Waals surface area contributed by atoms with Gasteiger partial charge in [0.2, 0.25) is 5.91 Å². The predicted molar refractivity (Wildman–Crippen MR) is 95.2 cm³/mol. The molecule has 0 bridgehead atoms. The van der Waals surface area contributed by atoms with Crippen molar-refractivity contribution in [2.24, 2.45) is 17.3 Å². The predicted octanol–water partition coefficient (Wildman–Crippen LogP) is 2.43. The molecule has 0 aromatic carbocycles. The number of carbonyl (C=O) groups excluding carboxylic acids is 1. The van der Waals surface area contributed by atoms with Gasteiger partial charge in [-0.05, 0) is 36.0 Å². The molecule has 1 aromatic rings. The molecule has 1 saturated carbocycles. The molecule has 3 rings (SSSR count).